The fourth-order valence-corrected chi connectivity index (χ4v) is 4.98. The second-order valence-corrected chi connectivity index (χ2v) is 9.02. The number of hydrogen-bond acceptors (Lipinski definition) is 4. The van der Waals surface area contributed by atoms with E-state index in [4.69, 9.17) is 0 Å². The van der Waals surface area contributed by atoms with Crippen LogP contribution in [0.4, 0.5) is 4.39 Å². The Balaban J connectivity index is 1.48. The lowest BCUT2D eigenvalue weighted by atomic mass is 9.79. The molecular formula is C29H27FN2O2. The standard InChI is InChI=1S/C29H27FN2O2/c30-25-13-11-23(12-14-25)24-17-26(33)28(27(34)18-24)29-31(19-21-7-3-1-4-8-21)15-16-32(29)20-22-9-5-2-6-10-22/h1-14,24H,15-20H2. The third kappa shape index (κ3) is 4.65. The number of halogens is 1. The summed E-state index contributed by atoms with van der Waals surface area (Å²) in [7, 11) is 0. The second kappa shape index (κ2) is 9.64. The van der Waals surface area contributed by atoms with Gasteiger partial charge in [-0.05, 0) is 34.7 Å². The fourth-order valence-electron chi connectivity index (χ4n) is 4.98. The van der Waals surface area contributed by atoms with Gasteiger partial charge in [-0.25, -0.2) is 4.39 Å². The molecule has 2 fully saturated rings. The minimum absolute atomic E-state index is 0.126. The molecular weight excluding hydrogens is 427 g/mol. The first-order valence-corrected chi connectivity index (χ1v) is 11.7. The Morgan fingerprint density at radius 3 is 1.62 bits per heavy atom. The highest BCUT2D eigenvalue weighted by molar-refractivity contribution is 6.22. The van der Waals surface area contributed by atoms with E-state index >= 15 is 0 Å². The van der Waals surface area contributed by atoms with Crippen LogP contribution in [0.5, 0.6) is 0 Å². The first-order valence-electron chi connectivity index (χ1n) is 11.7. The number of nitrogens with zero attached hydrogens (tertiary/aromatic N) is 2. The minimum atomic E-state index is -0.320. The maximum atomic E-state index is 13.4. The Bertz CT molecular complexity index is 1130. The van der Waals surface area contributed by atoms with Crippen LogP contribution in [0.3, 0.4) is 0 Å². The quantitative estimate of drug-likeness (QED) is 0.399. The summed E-state index contributed by atoms with van der Waals surface area (Å²) in [5.41, 5.74) is 3.44. The summed E-state index contributed by atoms with van der Waals surface area (Å²) in [5.74, 6) is -0.0342. The van der Waals surface area contributed by atoms with Crippen LogP contribution in [0.2, 0.25) is 0 Å². The molecule has 0 N–H and O–H groups in total. The third-order valence-corrected chi connectivity index (χ3v) is 6.66. The van der Waals surface area contributed by atoms with E-state index in [1.165, 1.54) is 12.1 Å². The Morgan fingerprint density at radius 2 is 1.15 bits per heavy atom. The first kappa shape index (κ1) is 22.1. The zero-order chi connectivity index (χ0) is 23.5. The summed E-state index contributed by atoms with van der Waals surface area (Å²) >= 11 is 0. The molecule has 1 aliphatic carbocycles. The molecule has 34 heavy (non-hydrogen) atoms. The Labute approximate surface area is 199 Å². The predicted molar refractivity (Wildman–Crippen MR) is 129 cm³/mol. The molecule has 0 bridgehead atoms. The van der Waals surface area contributed by atoms with Gasteiger partial charge in [0.25, 0.3) is 0 Å². The molecule has 5 rings (SSSR count). The molecule has 3 aromatic carbocycles. The van der Waals surface area contributed by atoms with Crippen LogP contribution in [0.25, 0.3) is 0 Å². The van der Waals surface area contributed by atoms with Crippen LogP contribution in [0, 0.1) is 5.82 Å². The van der Waals surface area contributed by atoms with E-state index < -0.39 is 0 Å². The van der Waals surface area contributed by atoms with Crippen molar-refractivity contribution >= 4 is 11.6 Å². The average molecular weight is 455 g/mol. The Morgan fingerprint density at radius 1 is 0.676 bits per heavy atom. The molecule has 2 aliphatic rings. The second-order valence-electron chi connectivity index (χ2n) is 9.02. The number of carbonyl (C=O) groups excluding carboxylic acids is 2. The van der Waals surface area contributed by atoms with Crippen molar-refractivity contribution in [2.75, 3.05) is 13.1 Å². The summed E-state index contributed by atoms with van der Waals surface area (Å²) in [6.07, 6.45) is 0.517. The summed E-state index contributed by atoms with van der Waals surface area (Å²) in [6, 6.07) is 26.4. The molecule has 1 saturated carbocycles. The van der Waals surface area contributed by atoms with E-state index in [9.17, 15) is 14.0 Å². The van der Waals surface area contributed by atoms with E-state index in [0.29, 0.717) is 18.7 Å². The molecule has 3 aromatic rings. The normalized spacial score (nSPS) is 18.7. The van der Waals surface area contributed by atoms with Gasteiger partial charge in [-0.3, -0.25) is 9.59 Å². The minimum Gasteiger partial charge on any atom is -0.351 e. The molecule has 0 radical (unpaired) electrons. The molecule has 0 amide bonds. The molecule has 0 atom stereocenters. The lowest BCUT2D eigenvalue weighted by Crippen LogP contribution is -2.33. The lowest BCUT2D eigenvalue weighted by Gasteiger charge is -2.30. The maximum Gasteiger partial charge on any atom is 0.170 e. The molecule has 5 heteroatoms. The highest BCUT2D eigenvalue weighted by atomic mass is 19.1. The van der Waals surface area contributed by atoms with Gasteiger partial charge in [0.1, 0.15) is 17.2 Å². The Hall–Kier alpha value is -3.73. The van der Waals surface area contributed by atoms with E-state index in [0.717, 1.165) is 35.6 Å². The summed E-state index contributed by atoms with van der Waals surface area (Å²) in [6.45, 7) is 2.80. The molecule has 172 valence electrons. The van der Waals surface area contributed by atoms with Gasteiger partial charge in [-0.2, -0.15) is 0 Å². The fraction of sp³-hybridized carbons (Fsp3) is 0.241. The molecule has 4 nitrogen and oxygen atoms in total. The Kier molecular flexibility index (Phi) is 6.26. The average Bonchev–Trinajstić information content (AvgIpc) is 3.22. The monoisotopic (exact) mass is 454 g/mol. The van der Waals surface area contributed by atoms with Crippen molar-refractivity contribution < 1.29 is 14.0 Å². The molecule has 1 heterocycles. The topological polar surface area (TPSA) is 40.6 Å². The molecule has 0 aromatic heterocycles. The summed E-state index contributed by atoms with van der Waals surface area (Å²) in [4.78, 5) is 31.2. The first-order chi connectivity index (χ1) is 16.6. The summed E-state index contributed by atoms with van der Waals surface area (Å²) in [5, 5.41) is 0. The van der Waals surface area contributed by atoms with Gasteiger partial charge in [-0.1, -0.05) is 72.8 Å². The van der Waals surface area contributed by atoms with Crippen molar-refractivity contribution in [2.24, 2.45) is 0 Å². The van der Waals surface area contributed by atoms with Gasteiger partial charge in [0.15, 0.2) is 11.6 Å². The van der Waals surface area contributed by atoms with E-state index in [2.05, 4.69) is 34.1 Å². The molecule has 0 spiro atoms. The summed E-state index contributed by atoms with van der Waals surface area (Å²) < 4.78 is 13.4. The smallest absolute Gasteiger partial charge is 0.170 e. The van der Waals surface area contributed by atoms with Crippen LogP contribution in [0.1, 0.15) is 35.4 Å². The van der Waals surface area contributed by atoms with Gasteiger partial charge < -0.3 is 9.80 Å². The largest absolute Gasteiger partial charge is 0.351 e. The van der Waals surface area contributed by atoms with Crippen molar-refractivity contribution in [3.63, 3.8) is 0 Å². The van der Waals surface area contributed by atoms with Gasteiger partial charge >= 0.3 is 0 Å². The number of benzene rings is 3. The van der Waals surface area contributed by atoms with Crippen molar-refractivity contribution in [3.05, 3.63) is 119 Å². The number of carbonyl (C=O) groups is 2. The highest BCUT2D eigenvalue weighted by Gasteiger charge is 2.38. The molecule has 0 unspecified atom stereocenters. The van der Waals surface area contributed by atoms with Gasteiger partial charge in [0.05, 0.1) is 0 Å². The van der Waals surface area contributed by atoms with Crippen molar-refractivity contribution in [3.8, 4) is 0 Å². The van der Waals surface area contributed by atoms with Crippen molar-refractivity contribution in [1.29, 1.82) is 0 Å². The van der Waals surface area contributed by atoms with E-state index in [1.54, 1.807) is 12.1 Å². The van der Waals surface area contributed by atoms with Crippen LogP contribution < -0.4 is 0 Å². The molecule has 1 aliphatic heterocycles. The van der Waals surface area contributed by atoms with Crippen molar-refractivity contribution in [2.45, 2.75) is 31.8 Å². The zero-order valence-corrected chi connectivity index (χ0v) is 19.0. The lowest BCUT2D eigenvalue weighted by molar-refractivity contribution is -0.124. The zero-order valence-electron chi connectivity index (χ0n) is 19.0. The highest BCUT2D eigenvalue weighted by Crippen LogP contribution is 2.36. The predicted octanol–water partition coefficient (Wildman–Crippen LogP) is 5.07. The third-order valence-electron chi connectivity index (χ3n) is 6.66. The van der Waals surface area contributed by atoms with Crippen LogP contribution in [0.15, 0.2) is 96.3 Å². The number of allylic oxidation sites excluding steroid dienone is 1. The van der Waals surface area contributed by atoms with E-state index in [1.807, 2.05) is 36.4 Å². The number of rotatable bonds is 5. The number of Topliss-reactive ketones (excluding diaryl/α,β-unsaturated/α-hetero) is 2. The SMILES string of the molecule is O=C1CC(c2ccc(F)cc2)CC(=O)C1=C1N(Cc2ccccc2)CCN1Cc1ccccc1. The number of hydrogen-bond donors (Lipinski definition) is 0. The maximum absolute atomic E-state index is 13.4. The van der Waals surface area contributed by atoms with Crippen LogP contribution >= 0.6 is 0 Å². The van der Waals surface area contributed by atoms with Crippen LogP contribution in [-0.2, 0) is 22.7 Å². The van der Waals surface area contributed by atoms with E-state index in [-0.39, 0.29) is 36.1 Å². The number of ketones is 2. The van der Waals surface area contributed by atoms with Gasteiger partial charge in [0.2, 0.25) is 0 Å². The van der Waals surface area contributed by atoms with Crippen molar-refractivity contribution in [1.82, 2.24) is 9.80 Å². The van der Waals surface area contributed by atoms with Gasteiger partial charge in [-0.15, -0.1) is 0 Å². The van der Waals surface area contributed by atoms with Crippen LogP contribution in [-0.4, -0.2) is 34.5 Å². The molecule has 1 saturated heterocycles. The van der Waals surface area contributed by atoms with Gasteiger partial charge in [0, 0.05) is 39.0 Å².